The molecule has 2 rings (SSSR count). The highest BCUT2D eigenvalue weighted by Gasteiger charge is 2.01. The van der Waals surface area contributed by atoms with Crippen LogP contribution >= 0.6 is 0 Å². The maximum absolute atomic E-state index is 3.94. The fraction of sp³-hybridized carbons (Fsp3) is 0.182. The zero-order valence-electron chi connectivity index (χ0n) is 7.83. The Morgan fingerprint density at radius 3 is 2.77 bits per heavy atom. The van der Waals surface area contributed by atoms with Crippen molar-refractivity contribution >= 4 is 0 Å². The molecule has 0 saturated carbocycles. The molecule has 0 spiro atoms. The zero-order valence-corrected chi connectivity index (χ0v) is 7.83. The molecular weight excluding hydrogens is 160 g/mol. The highest BCUT2D eigenvalue weighted by Crippen LogP contribution is 2.22. The van der Waals surface area contributed by atoms with Gasteiger partial charge in [-0.3, -0.25) is 5.10 Å². The van der Waals surface area contributed by atoms with E-state index in [2.05, 4.69) is 42.2 Å². The molecule has 13 heavy (non-hydrogen) atoms. The number of benzene rings is 1. The number of hydrogen-bond acceptors (Lipinski definition) is 1. The van der Waals surface area contributed by atoms with Crippen molar-refractivity contribution < 1.29 is 0 Å². The van der Waals surface area contributed by atoms with Crippen LogP contribution in [0.2, 0.25) is 0 Å². The molecule has 2 nitrogen and oxygen atoms in total. The predicted molar refractivity (Wildman–Crippen MR) is 53.5 cm³/mol. The van der Waals surface area contributed by atoms with Crippen molar-refractivity contribution in [1.82, 2.24) is 10.2 Å². The lowest BCUT2D eigenvalue weighted by molar-refractivity contribution is 1.09. The number of hydrogen-bond donors (Lipinski definition) is 1. The number of aromatic amines is 1. The summed E-state index contributed by atoms with van der Waals surface area (Å²) >= 11 is 0. The SMILES string of the molecule is Cc1ccc(C)c(-c2cn[nH]c2)c1. The lowest BCUT2D eigenvalue weighted by atomic mass is 10.0. The molecule has 1 heterocycles. The van der Waals surface area contributed by atoms with Crippen LogP contribution in [-0.2, 0) is 0 Å². The predicted octanol–water partition coefficient (Wildman–Crippen LogP) is 2.69. The Bertz CT molecular complexity index is 402. The fourth-order valence-electron chi connectivity index (χ4n) is 1.45. The minimum absolute atomic E-state index is 1.15. The molecule has 0 radical (unpaired) electrons. The van der Waals surface area contributed by atoms with Crippen molar-refractivity contribution in [2.24, 2.45) is 0 Å². The average Bonchev–Trinajstić information content (AvgIpc) is 2.61. The van der Waals surface area contributed by atoms with Gasteiger partial charge >= 0.3 is 0 Å². The first-order valence-corrected chi connectivity index (χ1v) is 4.34. The van der Waals surface area contributed by atoms with Gasteiger partial charge in [0, 0.05) is 11.8 Å². The van der Waals surface area contributed by atoms with E-state index in [1.54, 1.807) is 0 Å². The first-order valence-electron chi connectivity index (χ1n) is 4.34. The summed E-state index contributed by atoms with van der Waals surface area (Å²) in [6.07, 6.45) is 3.77. The molecule has 0 aliphatic heterocycles. The van der Waals surface area contributed by atoms with Crippen molar-refractivity contribution in [3.05, 3.63) is 41.7 Å². The topological polar surface area (TPSA) is 28.7 Å². The van der Waals surface area contributed by atoms with Crippen LogP contribution in [0.3, 0.4) is 0 Å². The molecule has 1 N–H and O–H groups in total. The Labute approximate surface area is 77.6 Å². The van der Waals surface area contributed by atoms with Crippen LogP contribution in [0.4, 0.5) is 0 Å². The Morgan fingerprint density at radius 1 is 1.23 bits per heavy atom. The third kappa shape index (κ3) is 1.47. The molecule has 0 bridgehead atoms. The maximum Gasteiger partial charge on any atom is 0.0565 e. The van der Waals surface area contributed by atoms with Gasteiger partial charge in [-0.05, 0) is 25.0 Å². The van der Waals surface area contributed by atoms with Crippen molar-refractivity contribution in [3.8, 4) is 11.1 Å². The molecule has 2 heteroatoms. The van der Waals surface area contributed by atoms with Crippen LogP contribution in [0, 0.1) is 13.8 Å². The normalized spacial score (nSPS) is 10.3. The highest BCUT2D eigenvalue weighted by atomic mass is 15.1. The molecule has 0 fully saturated rings. The molecule has 66 valence electrons. The summed E-state index contributed by atoms with van der Waals surface area (Å²) in [7, 11) is 0. The van der Waals surface area contributed by atoms with E-state index in [-0.39, 0.29) is 0 Å². The van der Waals surface area contributed by atoms with Gasteiger partial charge in [0.2, 0.25) is 0 Å². The summed E-state index contributed by atoms with van der Waals surface area (Å²) in [6.45, 7) is 4.21. The van der Waals surface area contributed by atoms with E-state index in [9.17, 15) is 0 Å². The van der Waals surface area contributed by atoms with Crippen molar-refractivity contribution in [2.45, 2.75) is 13.8 Å². The highest BCUT2D eigenvalue weighted by molar-refractivity contribution is 5.66. The van der Waals surface area contributed by atoms with E-state index in [0.717, 1.165) is 5.56 Å². The largest absolute Gasteiger partial charge is 0.285 e. The van der Waals surface area contributed by atoms with E-state index < -0.39 is 0 Å². The second kappa shape index (κ2) is 3.05. The van der Waals surface area contributed by atoms with Crippen LogP contribution in [0.5, 0.6) is 0 Å². The molecular formula is C11H12N2. The Kier molecular flexibility index (Phi) is 1.89. The molecule has 0 atom stereocenters. The number of aryl methyl sites for hydroxylation is 2. The third-order valence-corrected chi connectivity index (χ3v) is 2.20. The van der Waals surface area contributed by atoms with Gasteiger partial charge in [0.05, 0.1) is 6.20 Å². The minimum atomic E-state index is 1.15. The Morgan fingerprint density at radius 2 is 2.08 bits per heavy atom. The molecule has 0 aliphatic rings. The summed E-state index contributed by atoms with van der Waals surface area (Å²) in [5, 5.41) is 6.77. The first-order chi connectivity index (χ1) is 6.27. The maximum atomic E-state index is 3.94. The van der Waals surface area contributed by atoms with E-state index in [0.29, 0.717) is 0 Å². The molecule has 0 unspecified atom stereocenters. The smallest absolute Gasteiger partial charge is 0.0565 e. The quantitative estimate of drug-likeness (QED) is 0.704. The van der Waals surface area contributed by atoms with Crippen molar-refractivity contribution in [3.63, 3.8) is 0 Å². The van der Waals surface area contributed by atoms with Gasteiger partial charge in [-0.25, -0.2) is 0 Å². The van der Waals surface area contributed by atoms with E-state index in [1.165, 1.54) is 16.7 Å². The number of aromatic nitrogens is 2. The van der Waals surface area contributed by atoms with Crippen LogP contribution < -0.4 is 0 Å². The third-order valence-electron chi connectivity index (χ3n) is 2.20. The Hall–Kier alpha value is -1.57. The average molecular weight is 172 g/mol. The van der Waals surface area contributed by atoms with Gasteiger partial charge in [-0.1, -0.05) is 23.8 Å². The van der Waals surface area contributed by atoms with E-state index in [4.69, 9.17) is 0 Å². The number of H-pyrrole nitrogens is 1. The Balaban J connectivity index is 2.57. The number of nitrogens with zero attached hydrogens (tertiary/aromatic N) is 1. The summed E-state index contributed by atoms with van der Waals surface area (Å²) in [4.78, 5) is 0. The van der Waals surface area contributed by atoms with Gasteiger partial charge in [-0.2, -0.15) is 5.10 Å². The number of rotatable bonds is 1. The van der Waals surface area contributed by atoms with Crippen LogP contribution in [0.1, 0.15) is 11.1 Å². The molecule has 0 amide bonds. The van der Waals surface area contributed by atoms with Gasteiger partial charge in [0.1, 0.15) is 0 Å². The molecule has 0 saturated heterocycles. The van der Waals surface area contributed by atoms with Crippen molar-refractivity contribution in [2.75, 3.05) is 0 Å². The number of nitrogens with one attached hydrogen (secondary N) is 1. The van der Waals surface area contributed by atoms with Gasteiger partial charge in [0.15, 0.2) is 0 Å². The summed E-state index contributed by atoms with van der Waals surface area (Å²) in [5.41, 5.74) is 4.98. The van der Waals surface area contributed by atoms with Gasteiger partial charge < -0.3 is 0 Å². The summed E-state index contributed by atoms with van der Waals surface area (Å²) in [6, 6.07) is 6.44. The summed E-state index contributed by atoms with van der Waals surface area (Å²) in [5.74, 6) is 0. The van der Waals surface area contributed by atoms with Crippen LogP contribution in [0.25, 0.3) is 11.1 Å². The van der Waals surface area contributed by atoms with Gasteiger partial charge in [0.25, 0.3) is 0 Å². The van der Waals surface area contributed by atoms with Crippen LogP contribution in [0.15, 0.2) is 30.6 Å². The van der Waals surface area contributed by atoms with E-state index in [1.807, 2.05) is 12.4 Å². The lowest BCUT2D eigenvalue weighted by Gasteiger charge is -2.03. The zero-order chi connectivity index (χ0) is 9.26. The molecule has 1 aromatic carbocycles. The molecule has 1 aromatic heterocycles. The van der Waals surface area contributed by atoms with E-state index >= 15 is 0 Å². The van der Waals surface area contributed by atoms with Gasteiger partial charge in [-0.15, -0.1) is 0 Å². The lowest BCUT2D eigenvalue weighted by Crippen LogP contribution is -1.82. The molecule has 2 aromatic rings. The second-order valence-electron chi connectivity index (χ2n) is 3.31. The fourth-order valence-corrected chi connectivity index (χ4v) is 1.45. The summed E-state index contributed by atoms with van der Waals surface area (Å²) < 4.78 is 0. The minimum Gasteiger partial charge on any atom is -0.285 e. The standard InChI is InChI=1S/C11H12N2/c1-8-3-4-9(2)11(5-8)10-6-12-13-7-10/h3-7H,1-2H3,(H,12,13). The second-order valence-corrected chi connectivity index (χ2v) is 3.31. The first kappa shape index (κ1) is 8.05. The molecule has 0 aliphatic carbocycles. The van der Waals surface area contributed by atoms with Crippen LogP contribution in [-0.4, -0.2) is 10.2 Å². The monoisotopic (exact) mass is 172 g/mol. The van der Waals surface area contributed by atoms with Crippen molar-refractivity contribution in [1.29, 1.82) is 0 Å².